The first-order valence-corrected chi connectivity index (χ1v) is 6.75. The van der Waals surface area contributed by atoms with Gasteiger partial charge in [-0.15, -0.1) is 0 Å². The minimum atomic E-state index is -0.309. The highest BCUT2D eigenvalue weighted by atomic mass is 35.5. The Bertz CT molecular complexity index is 685. The molecule has 0 amide bonds. The van der Waals surface area contributed by atoms with E-state index in [0.717, 1.165) is 10.5 Å². The molecule has 1 aliphatic carbocycles. The van der Waals surface area contributed by atoms with Gasteiger partial charge in [0.1, 0.15) is 0 Å². The molecule has 100 valence electrons. The van der Waals surface area contributed by atoms with Crippen molar-refractivity contribution in [2.75, 3.05) is 0 Å². The molecule has 0 heterocycles. The van der Waals surface area contributed by atoms with Crippen LogP contribution in [-0.4, -0.2) is 11.5 Å². The lowest BCUT2D eigenvalue weighted by molar-refractivity contribution is -0.111. The van der Waals surface area contributed by atoms with Crippen LogP contribution in [0.5, 0.6) is 0 Å². The molecule has 2 rings (SSSR count). The molecule has 1 aromatic carbocycles. The number of nitrogens with zero attached hydrogens (tertiary/aromatic N) is 4. The van der Waals surface area contributed by atoms with Gasteiger partial charge in [0.15, 0.2) is 5.78 Å². The van der Waals surface area contributed by atoms with E-state index in [9.17, 15) is 4.79 Å². The average Bonchev–Trinajstić information content (AvgIpc) is 2.42. The summed E-state index contributed by atoms with van der Waals surface area (Å²) in [5.74, 6) is -0.309. The number of hydrogen-bond acceptors (Lipinski definition) is 4. The van der Waals surface area contributed by atoms with E-state index in [2.05, 4.69) is 14.4 Å². The highest BCUT2D eigenvalue weighted by molar-refractivity contribution is 7.98. The first-order chi connectivity index (χ1) is 9.60. The molecule has 0 unspecified atom stereocenters. The van der Waals surface area contributed by atoms with Crippen LogP contribution in [0.4, 0.5) is 0 Å². The number of ketones is 1. The van der Waals surface area contributed by atoms with Gasteiger partial charge in [-0.05, 0) is 54.4 Å². The molecule has 0 spiro atoms. The van der Waals surface area contributed by atoms with Gasteiger partial charge >= 0.3 is 0 Å². The SMILES string of the molecule is CC1=CC(=O)C(N=[N+]=[N-])=CC1=NSc1ccc(Cl)cc1. The number of rotatable bonds is 3. The third kappa shape index (κ3) is 3.51. The third-order valence-electron chi connectivity index (χ3n) is 2.49. The Morgan fingerprint density at radius 3 is 2.60 bits per heavy atom. The molecule has 0 aromatic heterocycles. The van der Waals surface area contributed by atoms with E-state index in [1.807, 2.05) is 12.1 Å². The molecule has 0 bridgehead atoms. The molecular weight excluding hydrogens is 296 g/mol. The Hall–Kier alpha value is -2.01. The van der Waals surface area contributed by atoms with E-state index >= 15 is 0 Å². The molecule has 0 saturated carbocycles. The Balaban J connectivity index is 2.24. The smallest absolute Gasteiger partial charge is 0.188 e. The monoisotopic (exact) mass is 304 g/mol. The molecule has 0 fully saturated rings. The summed E-state index contributed by atoms with van der Waals surface area (Å²) in [5.41, 5.74) is 9.79. The number of carbonyl (C=O) groups excluding carboxylic acids is 1. The first-order valence-electron chi connectivity index (χ1n) is 5.60. The first kappa shape index (κ1) is 14.4. The molecule has 5 nitrogen and oxygen atoms in total. The summed E-state index contributed by atoms with van der Waals surface area (Å²) in [6, 6.07) is 7.25. The molecule has 0 radical (unpaired) electrons. The minimum Gasteiger partial charge on any atom is -0.289 e. The van der Waals surface area contributed by atoms with Gasteiger partial charge in [-0.25, -0.2) is 4.40 Å². The van der Waals surface area contributed by atoms with E-state index in [-0.39, 0.29) is 11.5 Å². The highest BCUT2D eigenvalue weighted by Crippen LogP contribution is 2.24. The van der Waals surface area contributed by atoms with Crippen molar-refractivity contribution in [1.82, 2.24) is 0 Å². The third-order valence-corrected chi connectivity index (χ3v) is 3.52. The van der Waals surface area contributed by atoms with Gasteiger partial charge < -0.3 is 0 Å². The number of hydrogen-bond donors (Lipinski definition) is 0. The van der Waals surface area contributed by atoms with Crippen LogP contribution in [-0.2, 0) is 4.79 Å². The molecular formula is C13H9ClN4OS. The van der Waals surface area contributed by atoms with Crippen molar-refractivity contribution in [3.8, 4) is 0 Å². The fourth-order valence-corrected chi connectivity index (χ4v) is 2.27. The van der Waals surface area contributed by atoms with Crippen LogP contribution in [0.15, 0.2) is 62.1 Å². The minimum absolute atomic E-state index is 0.0496. The summed E-state index contributed by atoms with van der Waals surface area (Å²) < 4.78 is 4.34. The van der Waals surface area contributed by atoms with Gasteiger partial charge in [-0.3, -0.25) is 4.79 Å². The summed E-state index contributed by atoms with van der Waals surface area (Å²) in [5, 5.41) is 4.02. The zero-order valence-corrected chi connectivity index (χ0v) is 12.0. The lowest BCUT2D eigenvalue weighted by atomic mass is 10.0. The van der Waals surface area contributed by atoms with Crippen LogP contribution in [0, 0.1) is 0 Å². The summed E-state index contributed by atoms with van der Waals surface area (Å²) in [6.07, 6.45) is 2.89. The summed E-state index contributed by atoms with van der Waals surface area (Å²) in [4.78, 5) is 15.1. The van der Waals surface area contributed by atoms with Crippen LogP contribution in [0.25, 0.3) is 10.4 Å². The Labute approximate surface area is 124 Å². The molecule has 20 heavy (non-hydrogen) atoms. The zero-order chi connectivity index (χ0) is 14.5. The maximum Gasteiger partial charge on any atom is 0.188 e. The van der Waals surface area contributed by atoms with E-state index in [1.54, 1.807) is 19.1 Å². The van der Waals surface area contributed by atoms with Gasteiger partial charge in [0, 0.05) is 26.8 Å². The fraction of sp³-hybridized carbons (Fsp3) is 0.0769. The van der Waals surface area contributed by atoms with Crippen molar-refractivity contribution in [2.45, 2.75) is 11.8 Å². The maximum atomic E-state index is 11.6. The lowest BCUT2D eigenvalue weighted by Gasteiger charge is -2.08. The quantitative estimate of drug-likeness (QED) is 0.271. The predicted octanol–water partition coefficient (Wildman–Crippen LogP) is 4.51. The average molecular weight is 305 g/mol. The zero-order valence-electron chi connectivity index (χ0n) is 10.4. The second-order valence-electron chi connectivity index (χ2n) is 3.93. The second-order valence-corrected chi connectivity index (χ2v) is 5.21. The van der Waals surface area contributed by atoms with Crippen molar-refractivity contribution < 1.29 is 4.79 Å². The number of carbonyl (C=O) groups is 1. The molecule has 1 aliphatic rings. The fourth-order valence-electron chi connectivity index (χ4n) is 1.48. The largest absolute Gasteiger partial charge is 0.289 e. The maximum absolute atomic E-state index is 11.6. The second kappa shape index (κ2) is 6.43. The van der Waals surface area contributed by atoms with E-state index < -0.39 is 0 Å². The Kier molecular flexibility index (Phi) is 4.63. The van der Waals surface area contributed by atoms with Crippen LogP contribution in [0.2, 0.25) is 5.02 Å². The van der Waals surface area contributed by atoms with Crippen molar-refractivity contribution in [3.05, 3.63) is 63.2 Å². The molecule has 0 N–H and O–H groups in total. The number of halogens is 1. The van der Waals surface area contributed by atoms with E-state index in [1.165, 1.54) is 24.1 Å². The van der Waals surface area contributed by atoms with Gasteiger partial charge in [0.2, 0.25) is 0 Å². The molecule has 0 atom stereocenters. The number of allylic oxidation sites excluding steroid dienone is 3. The molecule has 0 saturated heterocycles. The van der Waals surface area contributed by atoms with Crippen LogP contribution in [0.3, 0.4) is 0 Å². The van der Waals surface area contributed by atoms with Crippen molar-refractivity contribution in [3.63, 3.8) is 0 Å². The highest BCUT2D eigenvalue weighted by Gasteiger charge is 2.15. The van der Waals surface area contributed by atoms with Crippen molar-refractivity contribution in [2.24, 2.45) is 9.51 Å². The molecule has 0 aliphatic heterocycles. The van der Waals surface area contributed by atoms with Crippen molar-refractivity contribution in [1.29, 1.82) is 0 Å². The van der Waals surface area contributed by atoms with Gasteiger partial charge in [0.25, 0.3) is 0 Å². The van der Waals surface area contributed by atoms with Crippen LogP contribution >= 0.6 is 23.5 Å². The van der Waals surface area contributed by atoms with Gasteiger partial charge in [-0.2, -0.15) is 0 Å². The van der Waals surface area contributed by atoms with E-state index in [0.29, 0.717) is 10.7 Å². The standard InChI is InChI=1S/C13H9ClN4OS/c1-8-6-13(19)12(16-18-15)7-11(8)17-20-10-4-2-9(14)3-5-10/h2-7H,1H3. The van der Waals surface area contributed by atoms with Crippen LogP contribution in [0.1, 0.15) is 6.92 Å². The topological polar surface area (TPSA) is 78.2 Å². The molecule has 7 heteroatoms. The summed E-state index contributed by atoms with van der Waals surface area (Å²) in [6.45, 7) is 1.78. The summed E-state index contributed by atoms with van der Waals surface area (Å²) in [7, 11) is 0. The van der Waals surface area contributed by atoms with E-state index in [4.69, 9.17) is 17.1 Å². The Morgan fingerprint density at radius 1 is 1.25 bits per heavy atom. The van der Waals surface area contributed by atoms with Crippen molar-refractivity contribution >= 4 is 35.0 Å². The number of benzene rings is 1. The lowest BCUT2D eigenvalue weighted by Crippen LogP contribution is -2.09. The van der Waals surface area contributed by atoms with Crippen LogP contribution < -0.4 is 0 Å². The Morgan fingerprint density at radius 2 is 1.95 bits per heavy atom. The summed E-state index contributed by atoms with van der Waals surface area (Å²) >= 11 is 7.06. The van der Waals surface area contributed by atoms with Gasteiger partial charge in [0.05, 0.1) is 11.4 Å². The normalized spacial score (nSPS) is 16.5. The number of azide groups is 1. The molecule has 1 aromatic rings. The van der Waals surface area contributed by atoms with Gasteiger partial charge in [-0.1, -0.05) is 16.7 Å². The predicted molar refractivity (Wildman–Crippen MR) is 80.7 cm³/mol.